The molecule has 0 aliphatic rings. The number of allylic oxidation sites excluding steroid dienone is 8. The highest BCUT2D eigenvalue weighted by Gasteiger charge is 2.19. The first-order valence-corrected chi connectivity index (χ1v) is 27.1. The van der Waals surface area contributed by atoms with Crippen LogP contribution < -0.4 is 0 Å². The summed E-state index contributed by atoms with van der Waals surface area (Å²) in [6.45, 7) is 6.59. The first-order chi connectivity index (χ1) is 31.0. The standard InChI is InChI=1S/C57H102O6/c1-4-7-10-13-16-19-22-25-28-31-34-37-40-43-46-49-55(58)61-52-54(63-57(60)51-48-45-42-39-36-33-30-27-24-21-18-15-12-9-6-3)53-62-56(59)50-47-44-41-38-35-32-29-26-23-20-17-14-11-8-5-2/h16,19,25-30,54H,4-15,17-18,20-24,31-53H2,1-3H3. The quantitative estimate of drug-likeness (QED) is 0.0262. The van der Waals surface area contributed by atoms with E-state index < -0.39 is 6.10 Å². The summed E-state index contributed by atoms with van der Waals surface area (Å²) in [5, 5.41) is 0. The van der Waals surface area contributed by atoms with Crippen LogP contribution in [0.25, 0.3) is 0 Å². The van der Waals surface area contributed by atoms with Gasteiger partial charge in [0.15, 0.2) is 6.10 Å². The predicted molar refractivity (Wildman–Crippen MR) is 270 cm³/mol. The largest absolute Gasteiger partial charge is 0.462 e. The molecule has 0 amide bonds. The van der Waals surface area contributed by atoms with Gasteiger partial charge in [0.1, 0.15) is 13.2 Å². The summed E-state index contributed by atoms with van der Waals surface area (Å²) >= 11 is 0. The zero-order valence-corrected chi connectivity index (χ0v) is 41.8. The molecule has 0 fully saturated rings. The Labute approximate surface area is 390 Å². The van der Waals surface area contributed by atoms with Crippen molar-refractivity contribution >= 4 is 17.9 Å². The van der Waals surface area contributed by atoms with Gasteiger partial charge in [0.25, 0.3) is 0 Å². The molecule has 1 unspecified atom stereocenters. The van der Waals surface area contributed by atoms with E-state index >= 15 is 0 Å². The number of rotatable bonds is 49. The van der Waals surface area contributed by atoms with E-state index in [0.29, 0.717) is 19.3 Å². The van der Waals surface area contributed by atoms with E-state index in [-0.39, 0.29) is 31.1 Å². The number of hydrogen-bond acceptors (Lipinski definition) is 6. The second-order valence-corrected chi connectivity index (χ2v) is 18.1. The SMILES string of the molecule is CCCCCC=CCC=CCCCCCCCC(=O)OCC(COC(=O)CCCCCCCC=CCCCCCCCC)OC(=O)CCCCCCCC=CCCCCCCCC. The summed E-state index contributed by atoms with van der Waals surface area (Å²) in [6.07, 6.45) is 62.3. The van der Waals surface area contributed by atoms with Crippen LogP contribution in [0.4, 0.5) is 0 Å². The molecule has 6 nitrogen and oxygen atoms in total. The molecule has 0 spiro atoms. The Morgan fingerprint density at radius 3 is 0.921 bits per heavy atom. The van der Waals surface area contributed by atoms with Crippen molar-refractivity contribution in [1.29, 1.82) is 0 Å². The van der Waals surface area contributed by atoms with Crippen molar-refractivity contribution in [2.45, 2.75) is 284 Å². The van der Waals surface area contributed by atoms with Crippen LogP contribution in [0.1, 0.15) is 278 Å². The predicted octanol–water partition coefficient (Wildman–Crippen LogP) is 17.9. The molecule has 0 aromatic carbocycles. The molecule has 366 valence electrons. The van der Waals surface area contributed by atoms with Crippen LogP contribution in [-0.4, -0.2) is 37.2 Å². The lowest BCUT2D eigenvalue weighted by Crippen LogP contribution is -2.30. The molecule has 0 saturated carbocycles. The molecule has 0 N–H and O–H groups in total. The van der Waals surface area contributed by atoms with Gasteiger partial charge < -0.3 is 14.2 Å². The molecule has 0 heterocycles. The number of carbonyl (C=O) groups is 3. The lowest BCUT2D eigenvalue weighted by molar-refractivity contribution is -0.167. The normalized spacial score (nSPS) is 12.4. The molecule has 63 heavy (non-hydrogen) atoms. The fourth-order valence-electron chi connectivity index (χ4n) is 7.64. The van der Waals surface area contributed by atoms with Crippen LogP contribution in [0, 0.1) is 0 Å². The maximum Gasteiger partial charge on any atom is 0.306 e. The third-order valence-corrected chi connectivity index (χ3v) is 11.8. The highest BCUT2D eigenvalue weighted by Crippen LogP contribution is 2.14. The van der Waals surface area contributed by atoms with Crippen molar-refractivity contribution in [2.75, 3.05) is 13.2 Å². The molecule has 0 radical (unpaired) electrons. The van der Waals surface area contributed by atoms with E-state index in [1.54, 1.807) is 0 Å². The Kier molecular flexibility index (Phi) is 49.8. The molecule has 0 rings (SSSR count). The van der Waals surface area contributed by atoms with Crippen LogP contribution in [-0.2, 0) is 28.6 Å². The topological polar surface area (TPSA) is 78.9 Å². The Hall–Kier alpha value is -2.63. The molecule has 0 saturated heterocycles. The van der Waals surface area contributed by atoms with Gasteiger partial charge >= 0.3 is 17.9 Å². The highest BCUT2D eigenvalue weighted by atomic mass is 16.6. The van der Waals surface area contributed by atoms with Crippen molar-refractivity contribution in [3.05, 3.63) is 48.6 Å². The number of ether oxygens (including phenoxy) is 3. The number of esters is 3. The summed E-state index contributed by atoms with van der Waals surface area (Å²) in [4.78, 5) is 38.0. The lowest BCUT2D eigenvalue weighted by Gasteiger charge is -2.18. The number of carbonyl (C=O) groups excluding carboxylic acids is 3. The van der Waals surface area contributed by atoms with Gasteiger partial charge in [-0.25, -0.2) is 0 Å². The summed E-state index contributed by atoms with van der Waals surface area (Å²) in [6, 6.07) is 0. The number of unbranched alkanes of at least 4 members (excludes halogenated alkanes) is 30. The van der Waals surface area contributed by atoms with Gasteiger partial charge in [-0.15, -0.1) is 0 Å². The van der Waals surface area contributed by atoms with E-state index in [1.165, 1.54) is 141 Å². The summed E-state index contributed by atoms with van der Waals surface area (Å²) < 4.78 is 16.8. The van der Waals surface area contributed by atoms with Gasteiger partial charge in [0.2, 0.25) is 0 Å². The van der Waals surface area contributed by atoms with Crippen LogP contribution in [0.15, 0.2) is 48.6 Å². The average molecular weight is 883 g/mol. The monoisotopic (exact) mass is 883 g/mol. The Balaban J connectivity index is 4.41. The fourth-order valence-corrected chi connectivity index (χ4v) is 7.64. The van der Waals surface area contributed by atoms with Crippen molar-refractivity contribution in [3.63, 3.8) is 0 Å². The summed E-state index contributed by atoms with van der Waals surface area (Å²) in [5.74, 6) is -0.906. The van der Waals surface area contributed by atoms with Crippen molar-refractivity contribution in [2.24, 2.45) is 0 Å². The lowest BCUT2D eigenvalue weighted by atomic mass is 10.1. The van der Waals surface area contributed by atoms with E-state index in [1.807, 2.05) is 0 Å². The van der Waals surface area contributed by atoms with E-state index in [0.717, 1.165) is 96.3 Å². The van der Waals surface area contributed by atoms with Crippen LogP contribution in [0.5, 0.6) is 0 Å². The second kappa shape index (κ2) is 52.0. The molecule has 0 bridgehead atoms. The summed E-state index contributed by atoms with van der Waals surface area (Å²) in [7, 11) is 0. The first kappa shape index (κ1) is 60.4. The zero-order valence-electron chi connectivity index (χ0n) is 41.8. The Morgan fingerprint density at radius 1 is 0.317 bits per heavy atom. The average Bonchev–Trinajstić information content (AvgIpc) is 3.28. The molecule has 0 aromatic rings. The van der Waals surface area contributed by atoms with E-state index in [2.05, 4.69) is 69.4 Å². The maximum absolute atomic E-state index is 12.8. The van der Waals surface area contributed by atoms with Gasteiger partial charge in [-0.05, 0) is 103 Å². The van der Waals surface area contributed by atoms with E-state index in [4.69, 9.17) is 14.2 Å². The van der Waals surface area contributed by atoms with Gasteiger partial charge in [0, 0.05) is 19.3 Å². The fraction of sp³-hybridized carbons (Fsp3) is 0.807. The minimum Gasteiger partial charge on any atom is -0.462 e. The Bertz CT molecular complexity index is 1110. The zero-order chi connectivity index (χ0) is 45.8. The van der Waals surface area contributed by atoms with Crippen molar-refractivity contribution in [3.8, 4) is 0 Å². The van der Waals surface area contributed by atoms with Crippen molar-refractivity contribution in [1.82, 2.24) is 0 Å². The smallest absolute Gasteiger partial charge is 0.306 e. The first-order valence-electron chi connectivity index (χ1n) is 27.1. The molecule has 0 aromatic heterocycles. The third kappa shape index (κ3) is 50.2. The second-order valence-electron chi connectivity index (χ2n) is 18.1. The summed E-state index contributed by atoms with van der Waals surface area (Å²) in [5.41, 5.74) is 0. The molecule has 0 aliphatic heterocycles. The van der Waals surface area contributed by atoms with Gasteiger partial charge in [-0.2, -0.15) is 0 Å². The minimum atomic E-state index is -0.785. The van der Waals surface area contributed by atoms with Gasteiger partial charge in [0.05, 0.1) is 0 Å². The van der Waals surface area contributed by atoms with Gasteiger partial charge in [-0.1, -0.05) is 204 Å². The van der Waals surface area contributed by atoms with E-state index in [9.17, 15) is 14.4 Å². The van der Waals surface area contributed by atoms with Crippen LogP contribution in [0.2, 0.25) is 0 Å². The van der Waals surface area contributed by atoms with Crippen LogP contribution >= 0.6 is 0 Å². The molecule has 1 atom stereocenters. The molecule has 0 aliphatic carbocycles. The highest BCUT2D eigenvalue weighted by molar-refractivity contribution is 5.71. The Morgan fingerprint density at radius 2 is 0.571 bits per heavy atom. The minimum absolute atomic E-state index is 0.0843. The van der Waals surface area contributed by atoms with Gasteiger partial charge in [-0.3, -0.25) is 14.4 Å². The number of hydrogen-bond donors (Lipinski definition) is 0. The molecular weight excluding hydrogens is 781 g/mol. The third-order valence-electron chi connectivity index (χ3n) is 11.8. The molecular formula is C57H102O6. The van der Waals surface area contributed by atoms with Crippen molar-refractivity contribution < 1.29 is 28.6 Å². The maximum atomic E-state index is 12.8. The van der Waals surface area contributed by atoms with Crippen LogP contribution in [0.3, 0.4) is 0 Å². The molecule has 6 heteroatoms.